The topological polar surface area (TPSA) is 72.8 Å². The monoisotopic (exact) mass is 426 g/mol. The van der Waals surface area contributed by atoms with Crippen LogP contribution in [0.5, 0.6) is 0 Å². The van der Waals surface area contributed by atoms with Gasteiger partial charge in [-0.1, -0.05) is 53.6 Å². The van der Waals surface area contributed by atoms with Gasteiger partial charge in [-0.15, -0.1) is 0 Å². The van der Waals surface area contributed by atoms with Crippen molar-refractivity contribution >= 4 is 5.91 Å². The van der Waals surface area contributed by atoms with Crippen LogP contribution < -0.4 is 5.32 Å². The second-order valence-electron chi connectivity index (χ2n) is 9.45. The van der Waals surface area contributed by atoms with E-state index in [4.69, 9.17) is 0 Å². The van der Waals surface area contributed by atoms with Crippen molar-refractivity contribution in [3.05, 3.63) is 59.2 Å². The number of hydrogen-bond acceptors (Lipinski definition) is 4. The molecule has 1 fully saturated rings. The molecule has 0 spiro atoms. The van der Waals surface area contributed by atoms with Crippen molar-refractivity contribution in [2.45, 2.75) is 51.2 Å². The highest BCUT2D eigenvalue weighted by Crippen LogP contribution is 2.47. The molecule has 0 heterocycles. The lowest BCUT2D eigenvalue weighted by molar-refractivity contribution is -0.128. The summed E-state index contributed by atoms with van der Waals surface area (Å²) < 4.78 is 0. The van der Waals surface area contributed by atoms with Gasteiger partial charge >= 0.3 is 0 Å². The zero-order chi connectivity index (χ0) is 22.4. The van der Waals surface area contributed by atoms with Crippen LogP contribution in [0.2, 0.25) is 0 Å². The standard InChI is InChI=1S/C26H38N2O3/c1-18-6-4-7-19(12-18)14-22(29)9-10-23-24-15-20(13-21(24)16-25(23)30)17-27-11-5-8-26(31)28(2)3/h4,6-7,9-10,12-13,21-25,27,29-30H,5,8,11,14-17H2,1-3H3/t21-,22-,23+,24-,25+/m0/s1. The van der Waals surface area contributed by atoms with Crippen LogP contribution in [0.15, 0.2) is 48.1 Å². The fraction of sp³-hybridized carbons (Fsp3) is 0.577. The molecule has 31 heavy (non-hydrogen) atoms. The Morgan fingerprint density at radius 3 is 2.90 bits per heavy atom. The summed E-state index contributed by atoms with van der Waals surface area (Å²) in [6, 6.07) is 8.23. The van der Waals surface area contributed by atoms with Gasteiger partial charge in [0.05, 0.1) is 12.2 Å². The normalized spacial score (nSPS) is 26.2. The lowest BCUT2D eigenvalue weighted by atomic mass is 9.89. The number of benzene rings is 1. The molecular formula is C26H38N2O3. The second-order valence-corrected chi connectivity index (χ2v) is 9.45. The number of allylic oxidation sites excluding steroid dienone is 1. The van der Waals surface area contributed by atoms with E-state index < -0.39 is 6.10 Å². The number of amides is 1. The van der Waals surface area contributed by atoms with Crippen molar-refractivity contribution in [1.29, 1.82) is 0 Å². The summed E-state index contributed by atoms with van der Waals surface area (Å²) in [7, 11) is 3.58. The Kier molecular flexibility index (Phi) is 8.47. The average molecular weight is 427 g/mol. The smallest absolute Gasteiger partial charge is 0.222 e. The first-order chi connectivity index (χ1) is 14.8. The third-order valence-corrected chi connectivity index (χ3v) is 6.63. The Labute approximate surface area is 186 Å². The van der Waals surface area contributed by atoms with E-state index >= 15 is 0 Å². The minimum atomic E-state index is -0.534. The van der Waals surface area contributed by atoms with Gasteiger partial charge in [-0.05, 0) is 50.1 Å². The number of fused-ring (bicyclic) bond motifs is 1. The summed E-state index contributed by atoms with van der Waals surface area (Å²) in [5, 5.41) is 24.5. The number of aryl methyl sites for hydroxylation is 1. The fourth-order valence-electron chi connectivity index (χ4n) is 4.98. The van der Waals surface area contributed by atoms with Gasteiger partial charge in [0.15, 0.2) is 0 Å². The second kappa shape index (κ2) is 11.1. The van der Waals surface area contributed by atoms with Gasteiger partial charge in [-0.25, -0.2) is 0 Å². The van der Waals surface area contributed by atoms with E-state index in [-0.39, 0.29) is 17.9 Å². The van der Waals surface area contributed by atoms with Gasteiger partial charge in [-0.3, -0.25) is 4.79 Å². The fourth-order valence-corrected chi connectivity index (χ4v) is 4.98. The third kappa shape index (κ3) is 6.76. The van der Waals surface area contributed by atoms with Gasteiger partial charge in [-0.2, -0.15) is 0 Å². The van der Waals surface area contributed by atoms with Crippen molar-refractivity contribution in [1.82, 2.24) is 10.2 Å². The first kappa shape index (κ1) is 23.7. The number of nitrogens with zero attached hydrogens (tertiary/aromatic N) is 1. The van der Waals surface area contributed by atoms with Crippen molar-refractivity contribution in [3.63, 3.8) is 0 Å². The molecule has 1 saturated carbocycles. The number of rotatable bonds is 10. The predicted octanol–water partition coefficient (Wildman–Crippen LogP) is 2.86. The van der Waals surface area contributed by atoms with E-state index in [0.717, 1.165) is 37.9 Å². The molecule has 0 aromatic heterocycles. The summed E-state index contributed by atoms with van der Waals surface area (Å²) in [6.07, 6.45) is 9.20. The maximum Gasteiger partial charge on any atom is 0.222 e. The lowest BCUT2D eigenvalue weighted by Gasteiger charge is -2.19. The Morgan fingerprint density at radius 2 is 2.16 bits per heavy atom. The maximum absolute atomic E-state index is 11.6. The predicted molar refractivity (Wildman–Crippen MR) is 125 cm³/mol. The molecule has 0 unspecified atom stereocenters. The van der Waals surface area contributed by atoms with Crippen LogP contribution in [-0.4, -0.2) is 60.4 Å². The maximum atomic E-state index is 11.6. The van der Waals surface area contributed by atoms with Crippen LogP contribution >= 0.6 is 0 Å². The zero-order valence-electron chi connectivity index (χ0n) is 19.1. The molecule has 5 heteroatoms. The minimum Gasteiger partial charge on any atom is -0.392 e. The van der Waals surface area contributed by atoms with Gasteiger partial charge in [0.25, 0.3) is 0 Å². The highest BCUT2D eigenvalue weighted by molar-refractivity contribution is 5.75. The van der Waals surface area contributed by atoms with Crippen LogP contribution in [-0.2, 0) is 11.2 Å². The Hall–Kier alpha value is -1.95. The molecule has 1 aromatic carbocycles. The van der Waals surface area contributed by atoms with Gasteiger partial charge in [0.1, 0.15) is 0 Å². The lowest BCUT2D eigenvalue weighted by Crippen LogP contribution is -2.24. The molecule has 0 saturated heterocycles. The Balaban J connectivity index is 1.44. The highest BCUT2D eigenvalue weighted by atomic mass is 16.3. The zero-order valence-corrected chi connectivity index (χ0v) is 19.1. The first-order valence-electron chi connectivity index (χ1n) is 11.5. The SMILES string of the molecule is Cc1cccc(C[C@@H](O)C=C[C@@H]2[C@H]3CC(CNCCCC(=O)N(C)C)=C[C@H]3C[C@H]2O)c1. The van der Waals surface area contributed by atoms with E-state index in [0.29, 0.717) is 24.7 Å². The third-order valence-electron chi connectivity index (χ3n) is 6.63. The van der Waals surface area contributed by atoms with Crippen molar-refractivity contribution in [2.75, 3.05) is 27.2 Å². The number of hydrogen-bond donors (Lipinski definition) is 3. The number of carbonyl (C=O) groups is 1. The van der Waals surface area contributed by atoms with E-state index in [2.05, 4.69) is 30.4 Å². The number of aliphatic hydroxyl groups excluding tert-OH is 2. The molecule has 3 rings (SSSR count). The summed E-state index contributed by atoms with van der Waals surface area (Å²) in [5.41, 5.74) is 3.73. The van der Waals surface area contributed by atoms with Crippen molar-refractivity contribution in [2.24, 2.45) is 17.8 Å². The number of aliphatic hydroxyl groups is 2. The van der Waals surface area contributed by atoms with Crippen LogP contribution in [0.1, 0.15) is 36.8 Å². The summed E-state index contributed by atoms with van der Waals surface area (Å²) >= 11 is 0. The molecular weight excluding hydrogens is 388 g/mol. The Bertz CT molecular complexity index is 802. The highest BCUT2D eigenvalue weighted by Gasteiger charge is 2.43. The molecule has 1 amide bonds. The molecule has 5 nitrogen and oxygen atoms in total. The quantitative estimate of drug-likeness (QED) is 0.397. The molecule has 5 atom stereocenters. The molecule has 1 aromatic rings. The van der Waals surface area contributed by atoms with Crippen molar-refractivity contribution < 1.29 is 15.0 Å². The molecule has 0 radical (unpaired) electrons. The largest absolute Gasteiger partial charge is 0.392 e. The van der Waals surface area contributed by atoms with Gasteiger partial charge < -0.3 is 20.4 Å². The molecule has 170 valence electrons. The summed E-state index contributed by atoms with van der Waals surface area (Å²) in [6.45, 7) is 3.75. The molecule has 0 bridgehead atoms. The number of nitrogens with one attached hydrogen (secondary N) is 1. The van der Waals surface area contributed by atoms with Gasteiger partial charge in [0.2, 0.25) is 5.91 Å². The Morgan fingerprint density at radius 1 is 1.35 bits per heavy atom. The van der Waals surface area contributed by atoms with E-state index in [1.807, 2.05) is 24.3 Å². The van der Waals surface area contributed by atoms with Crippen LogP contribution in [0.3, 0.4) is 0 Å². The molecule has 3 N–H and O–H groups in total. The minimum absolute atomic E-state index is 0.101. The molecule has 0 aliphatic heterocycles. The van der Waals surface area contributed by atoms with E-state index in [1.54, 1.807) is 19.0 Å². The van der Waals surface area contributed by atoms with Crippen molar-refractivity contribution in [3.8, 4) is 0 Å². The van der Waals surface area contributed by atoms with E-state index in [1.165, 1.54) is 11.1 Å². The molecule has 2 aliphatic rings. The van der Waals surface area contributed by atoms with Crippen LogP contribution in [0.4, 0.5) is 0 Å². The summed E-state index contributed by atoms with van der Waals surface area (Å²) in [5.74, 6) is 1.11. The van der Waals surface area contributed by atoms with Gasteiger partial charge in [0, 0.05) is 39.4 Å². The van der Waals surface area contributed by atoms with E-state index in [9.17, 15) is 15.0 Å². The average Bonchev–Trinajstić information content (AvgIpc) is 3.22. The number of carbonyl (C=O) groups excluding carboxylic acids is 1. The first-order valence-corrected chi connectivity index (χ1v) is 11.5. The summed E-state index contributed by atoms with van der Waals surface area (Å²) in [4.78, 5) is 13.3. The van der Waals surface area contributed by atoms with Crippen LogP contribution in [0, 0.1) is 24.7 Å². The molecule has 2 aliphatic carbocycles. The van der Waals surface area contributed by atoms with Crippen LogP contribution in [0.25, 0.3) is 0 Å².